The van der Waals surface area contributed by atoms with Gasteiger partial charge in [-0.3, -0.25) is 9.69 Å². The molecule has 0 bridgehead atoms. The van der Waals surface area contributed by atoms with Crippen molar-refractivity contribution in [3.8, 4) is 0 Å². The van der Waals surface area contributed by atoms with Crippen LogP contribution in [0.5, 0.6) is 0 Å². The molecule has 1 heterocycles. The number of benzene rings is 2. The minimum absolute atomic E-state index is 0.0400. The number of aryl methyl sites for hydroxylation is 1. The van der Waals surface area contributed by atoms with Gasteiger partial charge in [-0.15, -0.1) is 0 Å². The van der Waals surface area contributed by atoms with Crippen molar-refractivity contribution < 1.29 is 9.53 Å². The average Bonchev–Trinajstić information content (AvgIpc) is 3.48. The molecule has 2 fully saturated rings. The highest BCUT2D eigenvalue weighted by Gasteiger charge is 2.45. The zero-order valence-corrected chi connectivity index (χ0v) is 19.0. The number of hydrogen-bond donors (Lipinski definition) is 0. The van der Waals surface area contributed by atoms with Gasteiger partial charge >= 0.3 is 5.97 Å². The van der Waals surface area contributed by atoms with Crippen molar-refractivity contribution in [3.63, 3.8) is 0 Å². The quantitative estimate of drug-likeness (QED) is 0.558. The fourth-order valence-corrected chi connectivity index (χ4v) is 4.90. The lowest BCUT2D eigenvalue weighted by atomic mass is 10.0. The van der Waals surface area contributed by atoms with Gasteiger partial charge in [-0.2, -0.15) is 0 Å². The Hall–Kier alpha value is -1.75. The smallest absolute Gasteiger partial charge is 0.309 e. The third-order valence-corrected chi connectivity index (χ3v) is 6.69. The SMILES string of the molecule is CCOC(=O)C1CC1CN1CCN(c2ccc(C)cc2Cl)C(c2ccc(Cl)cc2)C1. The van der Waals surface area contributed by atoms with Gasteiger partial charge in [0.25, 0.3) is 0 Å². The van der Waals surface area contributed by atoms with Crippen LogP contribution in [0.3, 0.4) is 0 Å². The molecule has 0 amide bonds. The van der Waals surface area contributed by atoms with Crippen LogP contribution in [0.4, 0.5) is 5.69 Å². The summed E-state index contributed by atoms with van der Waals surface area (Å²) in [5.41, 5.74) is 3.44. The van der Waals surface area contributed by atoms with Gasteiger partial charge in [0.1, 0.15) is 0 Å². The summed E-state index contributed by atoms with van der Waals surface area (Å²) in [6.45, 7) is 8.02. The Labute approximate surface area is 188 Å². The van der Waals surface area contributed by atoms with Gasteiger partial charge in [0, 0.05) is 31.2 Å². The highest BCUT2D eigenvalue weighted by atomic mass is 35.5. The summed E-state index contributed by atoms with van der Waals surface area (Å²) in [4.78, 5) is 16.9. The first-order valence-corrected chi connectivity index (χ1v) is 11.4. The number of anilines is 1. The van der Waals surface area contributed by atoms with Gasteiger partial charge in [-0.1, -0.05) is 41.4 Å². The summed E-state index contributed by atoms with van der Waals surface area (Å²) >= 11 is 12.8. The van der Waals surface area contributed by atoms with Crippen molar-refractivity contribution in [2.75, 3.05) is 37.7 Å². The third-order valence-electron chi connectivity index (χ3n) is 6.14. The normalized spacial score (nSPS) is 24.0. The molecule has 0 aromatic heterocycles. The van der Waals surface area contributed by atoms with Gasteiger partial charge in [0.2, 0.25) is 0 Å². The Morgan fingerprint density at radius 3 is 2.60 bits per heavy atom. The molecule has 4 nitrogen and oxygen atoms in total. The van der Waals surface area contributed by atoms with Crippen LogP contribution in [-0.4, -0.2) is 43.7 Å². The lowest BCUT2D eigenvalue weighted by molar-refractivity contribution is -0.145. The summed E-state index contributed by atoms with van der Waals surface area (Å²) in [5.74, 6) is 0.440. The van der Waals surface area contributed by atoms with Crippen molar-refractivity contribution in [1.82, 2.24) is 4.90 Å². The van der Waals surface area contributed by atoms with E-state index in [0.29, 0.717) is 12.5 Å². The molecule has 0 N–H and O–H groups in total. The van der Waals surface area contributed by atoms with Gasteiger partial charge in [-0.25, -0.2) is 0 Å². The second kappa shape index (κ2) is 9.17. The minimum atomic E-state index is -0.0400. The first kappa shape index (κ1) is 21.5. The molecule has 2 aromatic rings. The van der Waals surface area contributed by atoms with E-state index < -0.39 is 0 Å². The van der Waals surface area contributed by atoms with Gasteiger partial charge < -0.3 is 9.64 Å². The maximum absolute atomic E-state index is 12.0. The Kier molecular flexibility index (Phi) is 6.57. The summed E-state index contributed by atoms with van der Waals surface area (Å²) in [6.07, 6.45) is 0.939. The summed E-state index contributed by atoms with van der Waals surface area (Å²) in [5, 5.41) is 1.52. The zero-order chi connectivity index (χ0) is 21.3. The molecule has 6 heteroatoms. The number of ether oxygens (including phenoxy) is 1. The van der Waals surface area contributed by atoms with Crippen LogP contribution in [0.1, 0.15) is 30.5 Å². The van der Waals surface area contributed by atoms with Crippen LogP contribution < -0.4 is 4.90 Å². The summed E-state index contributed by atoms with van der Waals surface area (Å²) < 4.78 is 5.19. The molecule has 4 rings (SSSR count). The molecule has 1 saturated heterocycles. The first-order chi connectivity index (χ1) is 14.5. The molecular weight excluding hydrogens is 419 g/mol. The highest BCUT2D eigenvalue weighted by molar-refractivity contribution is 6.33. The monoisotopic (exact) mass is 446 g/mol. The molecule has 1 saturated carbocycles. The molecule has 160 valence electrons. The first-order valence-electron chi connectivity index (χ1n) is 10.6. The second-order valence-corrected chi connectivity index (χ2v) is 9.17. The maximum Gasteiger partial charge on any atom is 0.309 e. The number of carbonyl (C=O) groups is 1. The van der Waals surface area contributed by atoms with E-state index in [4.69, 9.17) is 27.9 Å². The second-order valence-electron chi connectivity index (χ2n) is 8.33. The minimum Gasteiger partial charge on any atom is -0.466 e. The van der Waals surface area contributed by atoms with Crippen molar-refractivity contribution >= 4 is 34.9 Å². The van der Waals surface area contributed by atoms with Crippen LogP contribution in [0.2, 0.25) is 10.0 Å². The van der Waals surface area contributed by atoms with Crippen LogP contribution in [0.25, 0.3) is 0 Å². The van der Waals surface area contributed by atoms with E-state index in [1.165, 1.54) is 5.56 Å². The predicted octanol–water partition coefficient (Wildman–Crippen LogP) is 5.36. The van der Waals surface area contributed by atoms with E-state index in [1.54, 1.807) is 0 Å². The molecule has 2 aliphatic rings. The topological polar surface area (TPSA) is 32.8 Å². The van der Waals surface area contributed by atoms with Crippen molar-refractivity contribution in [1.29, 1.82) is 0 Å². The number of carbonyl (C=O) groups excluding carboxylic acids is 1. The summed E-state index contributed by atoms with van der Waals surface area (Å²) in [7, 11) is 0. The molecule has 3 atom stereocenters. The van der Waals surface area contributed by atoms with E-state index >= 15 is 0 Å². The number of hydrogen-bond acceptors (Lipinski definition) is 4. The Balaban J connectivity index is 1.52. The van der Waals surface area contributed by atoms with E-state index in [1.807, 2.05) is 25.1 Å². The average molecular weight is 447 g/mol. The van der Waals surface area contributed by atoms with Gasteiger partial charge in [0.15, 0.2) is 0 Å². The molecule has 0 spiro atoms. The van der Waals surface area contributed by atoms with Gasteiger partial charge in [-0.05, 0) is 61.6 Å². The maximum atomic E-state index is 12.0. The van der Waals surface area contributed by atoms with E-state index in [9.17, 15) is 4.79 Å². The number of halogens is 2. The lowest BCUT2D eigenvalue weighted by Gasteiger charge is -2.43. The van der Waals surface area contributed by atoms with Crippen LogP contribution in [0.15, 0.2) is 42.5 Å². The summed E-state index contributed by atoms with van der Waals surface area (Å²) in [6, 6.07) is 14.5. The van der Waals surface area contributed by atoms with Crippen LogP contribution in [0, 0.1) is 18.8 Å². The lowest BCUT2D eigenvalue weighted by Crippen LogP contribution is -2.49. The number of piperazine rings is 1. The third kappa shape index (κ3) is 4.77. The Morgan fingerprint density at radius 2 is 1.90 bits per heavy atom. The molecule has 0 radical (unpaired) electrons. The van der Waals surface area contributed by atoms with E-state index in [2.05, 4.69) is 41.0 Å². The van der Waals surface area contributed by atoms with Crippen molar-refractivity contribution in [2.24, 2.45) is 11.8 Å². The van der Waals surface area contributed by atoms with Crippen molar-refractivity contribution in [3.05, 3.63) is 63.6 Å². The fourth-order valence-electron chi connectivity index (χ4n) is 4.43. The molecule has 1 aliphatic heterocycles. The molecule has 30 heavy (non-hydrogen) atoms. The predicted molar refractivity (Wildman–Crippen MR) is 122 cm³/mol. The number of rotatable bonds is 6. The van der Waals surface area contributed by atoms with Crippen LogP contribution in [-0.2, 0) is 9.53 Å². The number of esters is 1. The molecule has 3 unspecified atom stereocenters. The van der Waals surface area contributed by atoms with Gasteiger partial charge in [0.05, 0.1) is 29.3 Å². The fraction of sp³-hybridized carbons (Fsp3) is 0.458. The van der Waals surface area contributed by atoms with Crippen LogP contribution >= 0.6 is 23.2 Å². The highest BCUT2D eigenvalue weighted by Crippen LogP contribution is 2.42. The van der Waals surface area contributed by atoms with Crippen molar-refractivity contribution in [2.45, 2.75) is 26.3 Å². The molecule has 1 aliphatic carbocycles. The Bertz CT molecular complexity index is 903. The molecule has 2 aromatic carbocycles. The largest absolute Gasteiger partial charge is 0.466 e. The molecular formula is C24H28Cl2N2O2. The number of nitrogens with zero attached hydrogens (tertiary/aromatic N) is 2. The van der Waals surface area contributed by atoms with E-state index in [0.717, 1.165) is 53.9 Å². The zero-order valence-electron chi connectivity index (χ0n) is 17.5. The van der Waals surface area contributed by atoms with E-state index in [-0.39, 0.29) is 17.9 Å². The standard InChI is InChI=1S/C24H28Cl2N2O2/c1-3-30-24(29)20-13-18(20)14-27-10-11-28(22-9-4-16(2)12-21(22)26)23(15-27)17-5-7-19(25)8-6-17/h4-9,12,18,20,23H,3,10-11,13-15H2,1-2H3. The Morgan fingerprint density at radius 1 is 1.13 bits per heavy atom.